The van der Waals surface area contributed by atoms with Crippen molar-refractivity contribution in [3.63, 3.8) is 0 Å². The Hall–Kier alpha value is -1.98. The average Bonchev–Trinajstić information content (AvgIpc) is 3.17. The molecular weight excluding hydrogens is 268 g/mol. The van der Waals surface area contributed by atoms with Gasteiger partial charge in [-0.15, -0.1) is 11.3 Å². The molecule has 0 aliphatic carbocycles. The van der Waals surface area contributed by atoms with Crippen molar-refractivity contribution in [1.82, 2.24) is 20.1 Å². The second kappa shape index (κ2) is 5.98. The molecule has 20 heavy (non-hydrogen) atoms. The monoisotopic (exact) mass is 284 g/mol. The van der Waals surface area contributed by atoms with Gasteiger partial charge >= 0.3 is 0 Å². The van der Waals surface area contributed by atoms with Gasteiger partial charge in [0.1, 0.15) is 0 Å². The maximum absolute atomic E-state index is 4.66. The van der Waals surface area contributed by atoms with E-state index in [9.17, 15) is 0 Å². The van der Waals surface area contributed by atoms with Gasteiger partial charge in [-0.25, -0.2) is 9.67 Å². The smallest absolute Gasteiger partial charge is 0.0944 e. The predicted octanol–water partition coefficient (Wildman–Crippen LogP) is 2.83. The number of likely N-dealkylation sites (N-methyl/N-ethyl adjacent to an activating group) is 1. The van der Waals surface area contributed by atoms with E-state index in [2.05, 4.69) is 21.5 Å². The predicted molar refractivity (Wildman–Crippen MR) is 81.2 cm³/mol. The lowest BCUT2D eigenvalue weighted by molar-refractivity contribution is 0.567. The fourth-order valence-electron chi connectivity index (χ4n) is 2.13. The topological polar surface area (TPSA) is 42.7 Å². The summed E-state index contributed by atoms with van der Waals surface area (Å²) in [6.45, 7) is 0. The van der Waals surface area contributed by atoms with Crippen LogP contribution in [0.3, 0.4) is 0 Å². The third-order valence-electron chi connectivity index (χ3n) is 3.20. The molecule has 3 rings (SSSR count). The fraction of sp³-hybridized carbons (Fsp3) is 0.200. The zero-order valence-corrected chi connectivity index (χ0v) is 12.0. The zero-order chi connectivity index (χ0) is 13.8. The SMILES string of the molecule is CNC(Cc1nccs1)c1ccn(-c2ccccc2)n1. The Bertz CT molecular complexity index is 646. The van der Waals surface area contributed by atoms with Crippen molar-refractivity contribution < 1.29 is 0 Å². The highest BCUT2D eigenvalue weighted by Crippen LogP contribution is 2.19. The van der Waals surface area contributed by atoms with Gasteiger partial charge in [-0.2, -0.15) is 5.10 Å². The van der Waals surface area contributed by atoms with Gasteiger partial charge in [0.25, 0.3) is 0 Å². The molecule has 2 aromatic heterocycles. The first-order chi connectivity index (χ1) is 9.86. The lowest BCUT2D eigenvalue weighted by Gasteiger charge is -2.11. The Morgan fingerprint density at radius 2 is 2.10 bits per heavy atom. The maximum atomic E-state index is 4.66. The Balaban J connectivity index is 1.81. The number of rotatable bonds is 5. The Morgan fingerprint density at radius 3 is 2.80 bits per heavy atom. The van der Waals surface area contributed by atoms with Gasteiger partial charge in [0, 0.05) is 24.2 Å². The molecular formula is C15H16N4S. The molecule has 0 amide bonds. The van der Waals surface area contributed by atoms with Gasteiger partial charge < -0.3 is 5.32 Å². The molecule has 0 saturated heterocycles. The van der Waals surface area contributed by atoms with Crippen LogP contribution in [0.4, 0.5) is 0 Å². The lowest BCUT2D eigenvalue weighted by atomic mass is 10.1. The van der Waals surface area contributed by atoms with E-state index in [1.54, 1.807) is 11.3 Å². The number of hydrogen-bond acceptors (Lipinski definition) is 4. The lowest BCUT2D eigenvalue weighted by Crippen LogP contribution is -2.19. The summed E-state index contributed by atoms with van der Waals surface area (Å²) in [6, 6.07) is 12.4. The van der Waals surface area contributed by atoms with E-state index in [0.29, 0.717) is 0 Å². The third kappa shape index (κ3) is 2.79. The van der Waals surface area contributed by atoms with E-state index < -0.39 is 0 Å². The normalized spacial score (nSPS) is 12.4. The Labute approximate surface area is 122 Å². The summed E-state index contributed by atoms with van der Waals surface area (Å²) in [7, 11) is 1.96. The second-order valence-electron chi connectivity index (χ2n) is 4.49. The van der Waals surface area contributed by atoms with Gasteiger partial charge in [-0.3, -0.25) is 0 Å². The number of benzene rings is 1. The summed E-state index contributed by atoms with van der Waals surface area (Å²) in [6.07, 6.45) is 4.70. The molecule has 3 aromatic rings. The molecule has 0 radical (unpaired) electrons. The molecule has 1 aromatic carbocycles. The Morgan fingerprint density at radius 1 is 1.25 bits per heavy atom. The van der Waals surface area contributed by atoms with Crippen LogP contribution < -0.4 is 5.32 Å². The standard InChI is InChI=1S/C15H16N4S/c1-16-14(11-15-17-8-10-20-15)13-7-9-19(18-13)12-5-3-2-4-6-12/h2-10,14,16H,11H2,1H3. The van der Waals surface area contributed by atoms with Crippen LogP contribution >= 0.6 is 11.3 Å². The van der Waals surface area contributed by atoms with E-state index in [1.165, 1.54) is 0 Å². The summed E-state index contributed by atoms with van der Waals surface area (Å²) < 4.78 is 1.90. The fourth-order valence-corrected chi connectivity index (χ4v) is 2.79. The van der Waals surface area contributed by atoms with Crippen LogP contribution in [0.15, 0.2) is 54.2 Å². The van der Waals surface area contributed by atoms with Crippen LogP contribution in [-0.4, -0.2) is 21.8 Å². The van der Waals surface area contributed by atoms with E-state index in [4.69, 9.17) is 0 Å². The number of thiazole rings is 1. The number of hydrogen-bond donors (Lipinski definition) is 1. The minimum absolute atomic E-state index is 0.186. The first-order valence-corrected chi connectivity index (χ1v) is 7.41. The molecule has 1 unspecified atom stereocenters. The molecule has 5 heteroatoms. The average molecular weight is 284 g/mol. The van der Waals surface area contributed by atoms with Crippen LogP contribution in [0.25, 0.3) is 5.69 Å². The largest absolute Gasteiger partial charge is 0.311 e. The number of aromatic nitrogens is 3. The highest BCUT2D eigenvalue weighted by molar-refractivity contribution is 7.09. The minimum atomic E-state index is 0.186. The van der Waals surface area contributed by atoms with Crippen molar-refractivity contribution in [2.24, 2.45) is 0 Å². The van der Waals surface area contributed by atoms with Crippen LogP contribution in [0, 0.1) is 0 Å². The van der Waals surface area contributed by atoms with Crippen LogP contribution in [0.2, 0.25) is 0 Å². The summed E-state index contributed by atoms with van der Waals surface area (Å²) in [5.41, 5.74) is 2.11. The van der Waals surface area contributed by atoms with E-state index in [1.807, 2.05) is 59.8 Å². The molecule has 4 nitrogen and oxygen atoms in total. The molecule has 0 aliphatic heterocycles. The molecule has 0 fully saturated rings. The first kappa shape index (κ1) is 13.0. The van der Waals surface area contributed by atoms with Crippen molar-refractivity contribution >= 4 is 11.3 Å². The summed E-state index contributed by atoms with van der Waals surface area (Å²) >= 11 is 1.68. The van der Waals surface area contributed by atoms with Crippen molar-refractivity contribution in [1.29, 1.82) is 0 Å². The Kier molecular flexibility index (Phi) is 3.90. The molecule has 1 atom stereocenters. The van der Waals surface area contributed by atoms with Gasteiger partial charge in [0.05, 0.1) is 22.4 Å². The van der Waals surface area contributed by atoms with Crippen molar-refractivity contribution in [2.75, 3.05) is 7.05 Å². The van der Waals surface area contributed by atoms with Crippen LogP contribution in [0.5, 0.6) is 0 Å². The highest BCUT2D eigenvalue weighted by atomic mass is 32.1. The van der Waals surface area contributed by atoms with E-state index in [-0.39, 0.29) is 6.04 Å². The molecule has 0 aliphatic rings. The maximum Gasteiger partial charge on any atom is 0.0944 e. The van der Waals surface area contributed by atoms with Gasteiger partial charge in [0.15, 0.2) is 0 Å². The zero-order valence-electron chi connectivity index (χ0n) is 11.2. The van der Waals surface area contributed by atoms with Crippen LogP contribution in [0.1, 0.15) is 16.7 Å². The van der Waals surface area contributed by atoms with Crippen LogP contribution in [-0.2, 0) is 6.42 Å². The number of para-hydroxylation sites is 1. The minimum Gasteiger partial charge on any atom is -0.311 e. The quantitative estimate of drug-likeness (QED) is 0.783. The van der Waals surface area contributed by atoms with Crippen molar-refractivity contribution in [3.8, 4) is 5.69 Å². The van der Waals surface area contributed by atoms with Crippen molar-refractivity contribution in [3.05, 3.63) is 64.9 Å². The molecule has 1 N–H and O–H groups in total. The molecule has 0 spiro atoms. The summed E-state index contributed by atoms with van der Waals surface area (Å²) in [4.78, 5) is 4.34. The number of nitrogens with zero attached hydrogens (tertiary/aromatic N) is 3. The van der Waals surface area contributed by atoms with E-state index in [0.717, 1.165) is 22.8 Å². The first-order valence-electron chi connectivity index (χ1n) is 6.53. The van der Waals surface area contributed by atoms with Gasteiger partial charge in [-0.1, -0.05) is 18.2 Å². The number of nitrogens with one attached hydrogen (secondary N) is 1. The molecule has 0 bridgehead atoms. The third-order valence-corrected chi connectivity index (χ3v) is 4.00. The van der Waals surface area contributed by atoms with E-state index >= 15 is 0 Å². The second-order valence-corrected chi connectivity index (χ2v) is 5.47. The summed E-state index contributed by atoms with van der Waals surface area (Å²) in [5.74, 6) is 0. The van der Waals surface area contributed by atoms with Gasteiger partial charge in [0.2, 0.25) is 0 Å². The highest BCUT2D eigenvalue weighted by Gasteiger charge is 2.14. The van der Waals surface area contributed by atoms with Crippen molar-refractivity contribution in [2.45, 2.75) is 12.5 Å². The molecule has 0 saturated carbocycles. The molecule has 102 valence electrons. The van der Waals surface area contributed by atoms with Gasteiger partial charge in [-0.05, 0) is 25.2 Å². The molecule has 2 heterocycles. The summed E-state index contributed by atoms with van der Waals surface area (Å²) in [5, 5.41) is 11.1.